The summed E-state index contributed by atoms with van der Waals surface area (Å²) in [7, 11) is 0. The van der Waals surface area contributed by atoms with Crippen molar-refractivity contribution in [1.82, 2.24) is 19.5 Å². The molecule has 1 N–H and O–H groups in total. The number of nitrogens with one attached hydrogen (secondary N) is 1. The lowest BCUT2D eigenvalue weighted by Gasteiger charge is -2.04. The quantitative estimate of drug-likeness (QED) is 0.505. The zero-order valence-corrected chi connectivity index (χ0v) is 17.5. The van der Waals surface area contributed by atoms with Crippen LogP contribution in [0.4, 0.5) is 0 Å². The fourth-order valence-electron chi connectivity index (χ4n) is 3.97. The molecule has 0 spiro atoms. The summed E-state index contributed by atoms with van der Waals surface area (Å²) < 4.78 is 4.64. The molecule has 1 aliphatic heterocycles. The molecule has 0 radical (unpaired) electrons. The maximum atomic E-state index is 13.5. The predicted molar refractivity (Wildman–Crippen MR) is 119 cm³/mol. The highest BCUT2D eigenvalue weighted by molar-refractivity contribution is 9.10. The summed E-state index contributed by atoms with van der Waals surface area (Å²) in [6, 6.07) is 17.8. The molecule has 2 aromatic carbocycles. The molecule has 2 aromatic heterocycles. The van der Waals surface area contributed by atoms with Gasteiger partial charge in [0.1, 0.15) is 5.22 Å². The van der Waals surface area contributed by atoms with Crippen LogP contribution in [0.1, 0.15) is 25.7 Å². The Morgan fingerprint density at radius 2 is 1.76 bits per heavy atom. The summed E-state index contributed by atoms with van der Waals surface area (Å²) in [6.07, 6.45) is 6.23. The van der Waals surface area contributed by atoms with Gasteiger partial charge in [-0.15, -0.1) is 0 Å². The number of aromatic nitrogens is 3. The molecule has 1 saturated heterocycles. The van der Waals surface area contributed by atoms with Gasteiger partial charge >= 0.3 is 0 Å². The highest BCUT2D eigenvalue weighted by Gasteiger charge is 2.19. The third kappa shape index (κ3) is 3.27. The fourth-order valence-corrected chi connectivity index (χ4v) is 4.24. The molecule has 0 aliphatic carbocycles. The van der Waals surface area contributed by atoms with Crippen LogP contribution in [0.5, 0.6) is 0 Å². The first kappa shape index (κ1) is 18.2. The number of fused-ring (bicyclic) bond motifs is 1. The number of hydrogen-bond donors (Lipinski definition) is 1. The van der Waals surface area contributed by atoms with E-state index in [2.05, 4.69) is 21.2 Å². The maximum Gasteiger partial charge on any atom is 0.283 e. The topological polar surface area (TPSA) is 51.3 Å². The number of nitrogens with zero attached hydrogens (tertiary/aromatic N) is 3. The van der Waals surface area contributed by atoms with Crippen molar-refractivity contribution in [2.45, 2.75) is 25.7 Å². The van der Waals surface area contributed by atoms with E-state index in [4.69, 9.17) is 4.98 Å². The van der Waals surface area contributed by atoms with Crippen molar-refractivity contribution in [2.24, 2.45) is 0 Å². The van der Waals surface area contributed by atoms with Gasteiger partial charge in [-0.1, -0.05) is 52.7 Å². The molecule has 146 valence electrons. The highest BCUT2D eigenvalue weighted by Crippen LogP contribution is 2.22. The normalized spacial score (nSPS) is 16.6. The molecule has 1 aliphatic rings. The van der Waals surface area contributed by atoms with Crippen molar-refractivity contribution in [3.63, 3.8) is 0 Å². The van der Waals surface area contributed by atoms with E-state index in [0.717, 1.165) is 52.9 Å². The van der Waals surface area contributed by atoms with Crippen molar-refractivity contribution in [1.29, 1.82) is 0 Å². The molecule has 1 fully saturated rings. The zero-order valence-electron chi connectivity index (χ0n) is 15.9. The maximum absolute atomic E-state index is 13.5. The van der Waals surface area contributed by atoms with Crippen molar-refractivity contribution in [3.05, 3.63) is 80.8 Å². The van der Waals surface area contributed by atoms with Gasteiger partial charge in [-0.25, -0.2) is 14.2 Å². The van der Waals surface area contributed by atoms with Crippen molar-refractivity contribution >= 4 is 27.3 Å². The second kappa shape index (κ2) is 7.52. The summed E-state index contributed by atoms with van der Waals surface area (Å²) >= 11 is 3.49. The van der Waals surface area contributed by atoms with Gasteiger partial charge in [-0.2, -0.15) is 0 Å². The summed E-state index contributed by atoms with van der Waals surface area (Å²) in [4.78, 5) is 18.4. The Bertz CT molecular complexity index is 1260. The molecule has 0 bridgehead atoms. The standard InChI is InChI=1S/C23H21BrN4O/c24-17-12-10-16(11-13-17)20-15-27-22(26-20)21(19-9-5-2-6-14-25-19)23(29)28(27)18-7-3-1-4-8-18/h1,3-4,7-8,10-13,15,25H,2,5-6,9,14H2. The Kier molecular flexibility index (Phi) is 4.72. The minimum Gasteiger partial charge on any atom is -0.388 e. The van der Waals surface area contributed by atoms with Crippen LogP contribution in [0.3, 0.4) is 0 Å². The first-order valence-electron chi connectivity index (χ1n) is 9.95. The van der Waals surface area contributed by atoms with Crippen LogP contribution in [0.2, 0.25) is 0 Å². The van der Waals surface area contributed by atoms with Gasteiger partial charge in [-0.3, -0.25) is 4.79 Å². The third-order valence-electron chi connectivity index (χ3n) is 5.42. The molecule has 5 rings (SSSR count). The second-order valence-electron chi connectivity index (χ2n) is 7.34. The predicted octanol–water partition coefficient (Wildman–Crippen LogP) is 3.91. The third-order valence-corrected chi connectivity index (χ3v) is 5.95. The van der Waals surface area contributed by atoms with E-state index >= 15 is 0 Å². The Morgan fingerprint density at radius 1 is 0.966 bits per heavy atom. The molecule has 0 amide bonds. The van der Waals surface area contributed by atoms with E-state index in [1.807, 2.05) is 65.3 Å². The highest BCUT2D eigenvalue weighted by atomic mass is 79.9. The Labute approximate surface area is 176 Å². The summed E-state index contributed by atoms with van der Waals surface area (Å²) in [6.45, 7) is 0.901. The average molecular weight is 449 g/mol. The number of halogens is 1. The molecule has 4 aromatic rings. The lowest BCUT2D eigenvalue weighted by molar-refractivity contribution is 0.721. The number of rotatable bonds is 2. The lowest BCUT2D eigenvalue weighted by atomic mass is 10.2. The van der Waals surface area contributed by atoms with E-state index in [-0.39, 0.29) is 5.56 Å². The van der Waals surface area contributed by atoms with Crippen LogP contribution < -0.4 is 16.1 Å². The molecule has 6 heteroatoms. The van der Waals surface area contributed by atoms with Crippen molar-refractivity contribution < 1.29 is 0 Å². The minimum atomic E-state index is -0.0227. The van der Waals surface area contributed by atoms with Gasteiger partial charge in [0.15, 0.2) is 5.65 Å². The van der Waals surface area contributed by atoms with E-state index < -0.39 is 0 Å². The minimum absolute atomic E-state index is 0.0227. The Morgan fingerprint density at radius 3 is 2.55 bits per heavy atom. The van der Waals surface area contributed by atoms with Crippen LogP contribution in [0.25, 0.3) is 28.3 Å². The van der Waals surface area contributed by atoms with Crippen LogP contribution in [0, 0.1) is 0 Å². The monoisotopic (exact) mass is 448 g/mol. The van der Waals surface area contributed by atoms with Gasteiger partial charge in [-0.05, 0) is 43.5 Å². The first-order valence-corrected chi connectivity index (χ1v) is 10.7. The Hall–Kier alpha value is -2.86. The SMILES string of the molecule is O=c1c(=C2CCCCCN2)c2nc(-c3ccc(Br)cc3)cn2n1-c1ccccc1. The Balaban J connectivity index is 1.82. The molecule has 0 saturated carbocycles. The zero-order chi connectivity index (χ0) is 19.8. The largest absolute Gasteiger partial charge is 0.388 e. The van der Waals surface area contributed by atoms with Crippen molar-refractivity contribution in [2.75, 3.05) is 6.54 Å². The summed E-state index contributed by atoms with van der Waals surface area (Å²) in [5, 5.41) is 4.19. The molecule has 0 unspecified atom stereocenters. The second-order valence-corrected chi connectivity index (χ2v) is 8.26. The van der Waals surface area contributed by atoms with E-state index in [1.165, 1.54) is 6.42 Å². The van der Waals surface area contributed by atoms with Gasteiger partial charge in [0.2, 0.25) is 0 Å². The summed E-state index contributed by atoms with van der Waals surface area (Å²) in [5.74, 6) is 0. The van der Waals surface area contributed by atoms with Gasteiger partial charge < -0.3 is 5.32 Å². The van der Waals surface area contributed by atoms with Crippen LogP contribution in [-0.2, 0) is 0 Å². The number of para-hydroxylation sites is 1. The van der Waals surface area contributed by atoms with Gasteiger partial charge in [0.25, 0.3) is 5.56 Å². The number of benzene rings is 2. The number of imidazole rings is 1. The fraction of sp³-hybridized carbons (Fsp3) is 0.217. The van der Waals surface area contributed by atoms with E-state index in [1.54, 1.807) is 4.68 Å². The first-order chi connectivity index (χ1) is 14.2. The molecule has 3 heterocycles. The lowest BCUT2D eigenvalue weighted by Crippen LogP contribution is -2.33. The van der Waals surface area contributed by atoms with Gasteiger partial charge in [0, 0.05) is 22.3 Å². The molecule has 29 heavy (non-hydrogen) atoms. The smallest absolute Gasteiger partial charge is 0.283 e. The average Bonchev–Trinajstić information content (AvgIpc) is 3.12. The van der Waals surface area contributed by atoms with Crippen LogP contribution in [-0.4, -0.2) is 20.7 Å². The van der Waals surface area contributed by atoms with Crippen molar-refractivity contribution in [3.8, 4) is 16.9 Å². The molecule has 5 nitrogen and oxygen atoms in total. The number of hydrogen-bond acceptors (Lipinski definition) is 3. The summed E-state index contributed by atoms with van der Waals surface area (Å²) in [5.41, 5.74) is 4.41. The molecular weight excluding hydrogens is 428 g/mol. The molecule has 0 atom stereocenters. The van der Waals surface area contributed by atoms with E-state index in [0.29, 0.717) is 10.9 Å². The molecular formula is C23H21BrN4O. The van der Waals surface area contributed by atoms with E-state index in [9.17, 15) is 4.79 Å². The van der Waals surface area contributed by atoms with Crippen LogP contribution >= 0.6 is 15.9 Å². The van der Waals surface area contributed by atoms with Gasteiger partial charge in [0.05, 0.1) is 17.6 Å². The van der Waals surface area contributed by atoms with Crippen LogP contribution in [0.15, 0.2) is 70.1 Å².